The van der Waals surface area contributed by atoms with Crippen LogP contribution >= 0.6 is 23.2 Å². The molecule has 0 aromatic heterocycles. The van der Waals surface area contributed by atoms with E-state index >= 15 is 0 Å². The van der Waals surface area contributed by atoms with Crippen molar-refractivity contribution in [3.05, 3.63) is 64.1 Å². The van der Waals surface area contributed by atoms with Gasteiger partial charge in [-0.1, -0.05) is 74.3 Å². The lowest BCUT2D eigenvalue weighted by atomic mass is 10.1. The van der Waals surface area contributed by atoms with Gasteiger partial charge in [0.2, 0.25) is 21.8 Å². The van der Waals surface area contributed by atoms with Crippen molar-refractivity contribution in [2.24, 2.45) is 5.92 Å². The number of hydrogen-bond acceptors (Lipinski definition) is 4. The van der Waals surface area contributed by atoms with E-state index in [2.05, 4.69) is 5.32 Å². The Balaban J connectivity index is 2.42. The van der Waals surface area contributed by atoms with Crippen molar-refractivity contribution < 1.29 is 18.0 Å². The molecule has 2 rings (SSSR count). The monoisotopic (exact) mass is 527 g/mol. The minimum Gasteiger partial charge on any atom is -0.354 e. The molecule has 2 aromatic rings. The predicted molar refractivity (Wildman–Crippen MR) is 138 cm³/mol. The molecule has 0 heterocycles. The van der Waals surface area contributed by atoms with Crippen LogP contribution in [0.5, 0.6) is 0 Å². The van der Waals surface area contributed by atoms with Crippen LogP contribution in [0, 0.1) is 5.92 Å². The van der Waals surface area contributed by atoms with Gasteiger partial charge in [-0.25, -0.2) is 8.42 Å². The van der Waals surface area contributed by atoms with Gasteiger partial charge in [0.1, 0.15) is 12.6 Å². The smallest absolute Gasteiger partial charge is 0.244 e. The van der Waals surface area contributed by atoms with E-state index in [9.17, 15) is 18.0 Å². The van der Waals surface area contributed by atoms with Gasteiger partial charge in [0.15, 0.2) is 0 Å². The van der Waals surface area contributed by atoms with Crippen LogP contribution in [0.3, 0.4) is 0 Å². The Hall–Kier alpha value is -2.29. The molecule has 0 saturated heterocycles. The second-order valence-electron chi connectivity index (χ2n) is 8.47. The van der Waals surface area contributed by atoms with Crippen LogP contribution in [0.1, 0.15) is 32.8 Å². The number of hydrogen-bond donors (Lipinski definition) is 1. The van der Waals surface area contributed by atoms with E-state index in [-0.39, 0.29) is 34.1 Å². The maximum Gasteiger partial charge on any atom is 0.244 e. The highest BCUT2D eigenvalue weighted by atomic mass is 35.5. The molecule has 0 fully saturated rings. The van der Waals surface area contributed by atoms with Gasteiger partial charge in [0.25, 0.3) is 0 Å². The fraction of sp³-hybridized carbons (Fsp3) is 0.417. The topological polar surface area (TPSA) is 86.8 Å². The number of benzene rings is 2. The van der Waals surface area contributed by atoms with E-state index in [0.29, 0.717) is 13.0 Å². The number of rotatable bonds is 11. The molecule has 1 atom stereocenters. The molecule has 10 heteroatoms. The van der Waals surface area contributed by atoms with Gasteiger partial charge in [-0.05, 0) is 36.1 Å². The molecule has 186 valence electrons. The summed E-state index contributed by atoms with van der Waals surface area (Å²) in [5.41, 5.74) is 0.994. The molecule has 0 aliphatic heterocycles. The summed E-state index contributed by atoms with van der Waals surface area (Å²) in [6.45, 7) is 5.90. The Morgan fingerprint density at radius 1 is 1.03 bits per heavy atom. The highest BCUT2D eigenvalue weighted by molar-refractivity contribution is 7.92. The Morgan fingerprint density at radius 2 is 1.62 bits per heavy atom. The highest BCUT2D eigenvalue weighted by Gasteiger charge is 2.31. The van der Waals surface area contributed by atoms with Gasteiger partial charge in [0.05, 0.1) is 11.9 Å². The third-order valence-electron chi connectivity index (χ3n) is 5.08. The second kappa shape index (κ2) is 12.4. The number of halogens is 2. The fourth-order valence-corrected chi connectivity index (χ4v) is 4.77. The zero-order chi connectivity index (χ0) is 25.5. The molecule has 0 unspecified atom stereocenters. The van der Waals surface area contributed by atoms with Crippen LogP contribution in [0.4, 0.5) is 5.69 Å². The number of carbonyl (C=O) groups excluding carboxylic acids is 2. The SMILES string of the molecule is CC[C@@H](C(=O)NCC(C)C)N(Cc1ccccc1)C(=O)CN(c1cc(Cl)cc(Cl)c1)S(C)(=O)=O. The molecule has 0 aliphatic rings. The molecule has 1 N–H and O–H groups in total. The average Bonchev–Trinajstić information content (AvgIpc) is 2.74. The van der Waals surface area contributed by atoms with Gasteiger partial charge >= 0.3 is 0 Å². The quantitative estimate of drug-likeness (QED) is 0.470. The summed E-state index contributed by atoms with van der Waals surface area (Å²) < 4.78 is 26.2. The Kier molecular flexibility index (Phi) is 10.2. The van der Waals surface area contributed by atoms with Gasteiger partial charge in [-0.3, -0.25) is 13.9 Å². The number of nitrogens with zero attached hydrogens (tertiary/aromatic N) is 2. The van der Waals surface area contributed by atoms with Crippen LogP contribution in [-0.4, -0.2) is 50.5 Å². The summed E-state index contributed by atoms with van der Waals surface area (Å²) >= 11 is 12.1. The summed E-state index contributed by atoms with van der Waals surface area (Å²) in [4.78, 5) is 28.0. The van der Waals surface area contributed by atoms with E-state index < -0.39 is 28.5 Å². The second-order valence-corrected chi connectivity index (χ2v) is 11.2. The maximum absolute atomic E-state index is 13.6. The number of sulfonamides is 1. The van der Waals surface area contributed by atoms with Gasteiger partial charge in [-0.2, -0.15) is 0 Å². The first-order valence-electron chi connectivity index (χ1n) is 11.0. The maximum atomic E-state index is 13.6. The summed E-state index contributed by atoms with van der Waals surface area (Å²) in [7, 11) is -3.86. The molecule has 34 heavy (non-hydrogen) atoms. The zero-order valence-electron chi connectivity index (χ0n) is 19.8. The van der Waals surface area contributed by atoms with Crippen molar-refractivity contribution in [1.82, 2.24) is 10.2 Å². The van der Waals surface area contributed by atoms with E-state index in [0.717, 1.165) is 16.1 Å². The van der Waals surface area contributed by atoms with Crippen LogP contribution in [0.15, 0.2) is 48.5 Å². The Morgan fingerprint density at radius 3 is 2.12 bits per heavy atom. The summed E-state index contributed by atoms with van der Waals surface area (Å²) in [5.74, 6) is -0.554. The molecular formula is C24H31Cl2N3O4S. The van der Waals surface area contributed by atoms with Crippen LogP contribution in [-0.2, 0) is 26.2 Å². The molecule has 0 radical (unpaired) electrons. The fourth-order valence-electron chi connectivity index (χ4n) is 3.42. The van der Waals surface area contributed by atoms with E-state index in [4.69, 9.17) is 23.2 Å². The average molecular weight is 529 g/mol. The Labute approximate surface area is 212 Å². The van der Waals surface area contributed by atoms with Crippen molar-refractivity contribution in [2.45, 2.75) is 39.8 Å². The largest absolute Gasteiger partial charge is 0.354 e. The molecule has 2 aromatic carbocycles. The number of anilines is 1. The number of carbonyl (C=O) groups is 2. The zero-order valence-corrected chi connectivity index (χ0v) is 22.1. The third kappa shape index (κ3) is 8.18. The molecule has 7 nitrogen and oxygen atoms in total. The summed E-state index contributed by atoms with van der Waals surface area (Å²) in [5, 5.41) is 3.36. The molecule has 0 aliphatic carbocycles. The minimum atomic E-state index is -3.86. The molecule has 0 saturated carbocycles. The van der Waals surface area contributed by atoms with Crippen molar-refractivity contribution in [2.75, 3.05) is 23.7 Å². The summed E-state index contributed by atoms with van der Waals surface area (Å²) in [6.07, 6.45) is 1.37. The molecule has 0 bridgehead atoms. The lowest BCUT2D eigenvalue weighted by Crippen LogP contribution is -2.52. The van der Waals surface area contributed by atoms with E-state index in [1.807, 2.05) is 51.1 Å². The first kappa shape index (κ1) is 28.0. The first-order chi connectivity index (χ1) is 15.9. The number of amides is 2. The van der Waals surface area contributed by atoms with Crippen molar-refractivity contribution in [3.8, 4) is 0 Å². The van der Waals surface area contributed by atoms with Crippen LogP contribution in [0.25, 0.3) is 0 Å². The first-order valence-corrected chi connectivity index (χ1v) is 13.6. The lowest BCUT2D eigenvalue weighted by molar-refractivity contribution is -0.140. The van der Waals surface area contributed by atoms with Crippen molar-refractivity contribution in [1.29, 1.82) is 0 Å². The van der Waals surface area contributed by atoms with Crippen LogP contribution in [0.2, 0.25) is 10.0 Å². The summed E-state index contributed by atoms with van der Waals surface area (Å²) in [6, 6.07) is 12.8. The molecular weight excluding hydrogens is 497 g/mol. The molecule has 2 amide bonds. The minimum absolute atomic E-state index is 0.154. The standard InChI is InChI=1S/C24H31Cl2N3O4S/c1-5-22(24(31)27-14-17(2)3)28(15-18-9-7-6-8-10-18)23(30)16-29(34(4,32)33)21-12-19(25)11-20(26)13-21/h6-13,17,22H,5,14-16H2,1-4H3,(H,27,31)/t22-/m0/s1. The van der Waals surface area contributed by atoms with E-state index in [1.54, 1.807) is 0 Å². The lowest BCUT2D eigenvalue weighted by Gasteiger charge is -2.33. The van der Waals surface area contributed by atoms with Gasteiger partial charge in [0, 0.05) is 23.1 Å². The third-order valence-corrected chi connectivity index (χ3v) is 6.66. The predicted octanol–water partition coefficient (Wildman–Crippen LogP) is 4.34. The number of nitrogens with one attached hydrogen (secondary N) is 1. The highest BCUT2D eigenvalue weighted by Crippen LogP contribution is 2.27. The Bertz CT molecular complexity index is 1070. The van der Waals surface area contributed by atoms with Crippen molar-refractivity contribution >= 4 is 50.7 Å². The molecule has 0 spiro atoms. The van der Waals surface area contributed by atoms with Gasteiger partial charge in [-0.15, -0.1) is 0 Å². The van der Waals surface area contributed by atoms with E-state index in [1.165, 1.54) is 23.1 Å². The van der Waals surface area contributed by atoms with Gasteiger partial charge < -0.3 is 10.2 Å². The van der Waals surface area contributed by atoms with Crippen LogP contribution < -0.4 is 9.62 Å². The van der Waals surface area contributed by atoms with Crippen molar-refractivity contribution in [3.63, 3.8) is 0 Å². The normalized spacial score (nSPS) is 12.3.